The van der Waals surface area contributed by atoms with Crippen LogP contribution in [0.3, 0.4) is 0 Å². The van der Waals surface area contributed by atoms with Gasteiger partial charge in [0.25, 0.3) is 0 Å². The van der Waals surface area contributed by atoms with Gasteiger partial charge in [0.1, 0.15) is 18.1 Å². The summed E-state index contributed by atoms with van der Waals surface area (Å²) in [7, 11) is 0.591. The van der Waals surface area contributed by atoms with Gasteiger partial charge in [-0.15, -0.1) is 0 Å². The van der Waals surface area contributed by atoms with Gasteiger partial charge in [-0.05, 0) is 85.0 Å². The molecule has 0 saturated carbocycles. The van der Waals surface area contributed by atoms with Crippen molar-refractivity contribution in [3.05, 3.63) is 64.9 Å². The molecule has 4 heterocycles. The van der Waals surface area contributed by atoms with E-state index < -0.39 is 25.1 Å². The van der Waals surface area contributed by atoms with E-state index in [1.54, 1.807) is 25.4 Å². The van der Waals surface area contributed by atoms with E-state index in [1.165, 1.54) is 4.90 Å². The number of allylic oxidation sites excluding steroid dienone is 1. The molecule has 2 aromatic rings. The number of amides is 2. The fourth-order valence-corrected chi connectivity index (χ4v) is 6.42. The van der Waals surface area contributed by atoms with Gasteiger partial charge in [-0.2, -0.15) is 0 Å². The van der Waals surface area contributed by atoms with Crippen LogP contribution in [0.5, 0.6) is 0 Å². The molecule has 39 heavy (non-hydrogen) atoms. The van der Waals surface area contributed by atoms with E-state index in [0.717, 1.165) is 22.4 Å². The summed E-state index contributed by atoms with van der Waals surface area (Å²) >= 11 is 0. The summed E-state index contributed by atoms with van der Waals surface area (Å²) < 4.78 is 17.3. The SMILES string of the molecule is CCCN1C(=O)[C@@H]2[C@@H](CC(COC)=C3[C@@H](CC/C(=C/c4ccc(CO)o4)c4ccccn4)OB(O)C[C@@H]32)C1=O. The second kappa shape index (κ2) is 12.0. The smallest absolute Gasteiger partial charge is 0.455 e. The molecule has 9 nitrogen and oxygen atoms in total. The van der Waals surface area contributed by atoms with Gasteiger partial charge in [-0.25, -0.2) is 0 Å². The van der Waals surface area contributed by atoms with Gasteiger partial charge in [0, 0.05) is 19.9 Å². The Hall–Kier alpha value is -3.05. The van der Waals surface area contributed by atoms with E-state index in [0.29, 0.717) is 50.4 Å². The van der Waals surface area contributed by atoms with Crippen molar-refractivity contribution in [2.24, 2.45) is 17.8 Å². The predicted octanol–water partition coefficient (Wildman–Crippen LogP) is 3.34. The van der Waals surface area contributed by atoms with Crippen LogP contribution in [0.2, 0.25) is 6.32 Å². The number of aliphatic hydroxyl groups excluding tert-OH is 1. The summed E-state index contributed by atoms with van der Waals surface area (Å²) in [6, 6.07) is 9.23. The monoisotopic (exact) mass is 534 g/mol. The Morgan fingerprint density at radius 2 is 2.08 bits per heavy atom. The minimum Gasteiger partial charge on any atom is -0.459 e. The standard InChI is InChI=1S/C29H35BN2O7/c1-3-12-32-28(34)22-14-19(17-37-2)26-23(27(22)29(32)35)15-30(36)39-25(26)10-7-18(24-6-4-5-11-31-24)13-20-8-9-21(16-33)38-20/h4-6,8-9,11,13,22-23,25,27,33,36H,3,7,10,12,14-17H2,1-2H3/b18-13-/t22-,23+,25-,27-/m1/s1. The van der Waals surface area contributed by atoms with Crippen LogP contribution in [0.4, 0.5) is 0 Å². The van der Waals surface area contributed by atoms with Gasteiger partial charge < -0.3 is 23.9 Å². The largest absolute Gasteiger partial charge is 0.459 e. The minimum atomic E-state index is -1.03. The number of likely N-dealkylation sites (tertiary alicyclic amines) is 1. The molecule has 0 radical (unpaired) electrons. The number of rotatable bonds is 10. The lowest BCUT2D eigenvalue weighted by molar-refractivity contribution is -0.140. The summed E-state index contributed by atoms with van der Waals surface area (Å²) in [5.74, 6) is -0.344. The molecule has 4 atom stereocenters. The fourth-order valence-electron chi connectivity index (χ4n) is 6.42. The molecule has 0 bridgehead atoms. The average Bonchev–Trinajstić information content (AvgIpc) is 3.49. The number of pyridine rings is 1. The lowest BCUT2D eigenvalue weighted by Gasteiger charge is -2.43. The maximum Gasteiger partial charge on any atom is 0.455 e. The second-order valence-electron chi connectivity index (χ2n) is 10.5. The summed E-state index contributed by atoms with van der Waals surface area (Å²) in [6.07, 6.45) is 5.73. The van der Waals surface area contributed by atoms with Crippen molar-refractivity contribution in [1.82, 2.24) is 9.88 Å². The number of imide groups is 1. The van der Waals surface area contributed by atoms with Crippen molar-refractivity contribution in [2.75, 3.05) is 20.3 Å². The number of aliphatic hydroxyl groups is 1. The Balaban J connectivity index is 1.46. The highest BCUT2D eigenvalue weighted by atomic mass is 16.5. The molecule has 2 aromatic heterocycles. The normalized spacial score (nSPS) is 25.4. The van der Waals surface area contributed by atoms with E-state index in [9.17, 15) is 19.7 Å². The van der Waals surface area contributed by atoms with Crippen LogP contribution < -0.4 is 0 Å². The molecule has 0 spiro atoms. The molecule has 0 aromatic carbocycles. The van der Waals surface area contributed by atoms with Gasteiger partial charge >= 0.3 is 7.12 Å². The molecule has 2 N–H and O–H groups in total. The summed E-state index contributed by atoms with van der Waals surface area (Å²) in [5.41, 5.74) is 3.68. The van der Waals surface area contributed by atoms with Gasteiger partial charge in [-0.3, -0.25) is 19.5 Å². The van der Waals surface area contributed by atoms with E-state index in [1.807, 2.05) is 31.2 Å². The number of carbonyl (C=O) groups excluding carboxylic acids is 2. The van der Waals surface area contributed by atoms with Crippen LogP contribution in [-0.4, -0.2) is 65.3 Å². The summed E-state index contributed by atoms with van der Waals surface area (Å²) in [6.45, 7) is 2.53. The van der Waals surface area contributed by atoms with Crippen LogP contribution >= 0.6 is 0 Å². The summed E-state index contributed by atoms with van der Waals surface area (Å²) in [4.78, 5) is 32.6. The first kappa shape index (κ1) is 27.5. The first-order valence-electron chi connectivity index (χ1n) is 13.7. The van der Waals surface area contributed by atoms with Crippen LogP contribution in [0.15, 0.2) is 52.1 Å². The summed E-state index contributed by atoms with van der Waals surface area (Å²) in [5, 5.41) is 20.2. The number of aromatic nitrogens is 1. The second-order valence-corrected chi connectivity index (χ2v) is 10.5. The van der Waals surface area contributed by atoms with Gasteiger partial charge in [0.05, 0.1) is 30.2 Å². The third-order valence-electron chi connectivity index (χ3n) is 7.99. The van der Waals surface area contributed by atoms with E-state index in [4.69, 9.17) is 13.8 Å². The lowest BCUT2D eigenvalue weighted by Crippen LogP contribution is -2.46. The highest BCUT2D eigenvalue weighted by molar-refractivity contribution is 6.43. The van der Waals surface area contributed by atoms with Crippen LogP contribution in [-0.2, 0) is 25.6 Å². The predicted molar refractivity (Wildman–Crippen MR) is 145 cm³/mol. The molecule has 1 aliphatic carbocycles. The Morgan fingerprint density at radius 1 is 1.23 bits per heavy atom. The van der Waals surface area contributed by atoms with Crippen molar-refractivity contribution >= 4 is 30.6 Å². The number of hydrogen-bond donors (Lipinski definition) is 2. The number of fused-ring (bicyclic) bond motifs is 3. The van der Waals surface area contributed by atoms with Crippen molar-refractivity contribution in [3.63, 3.8) is 0 Å². The number of carbonyl (C=O) groups is 2. The fraction of sp³-hybridized carbons (Fsp3) is 0.483. The highest BCUT2D eigenvalue weighted by Crippen LogP contribution is 2.50. The van der Waals surface area contributed by atoms with Crippen molar-refractivity contribution < 1.29 is 33.5 Å². The molecule has 5 rings (SSSR count). The van der Waals surface area contributed by atoms with Gasteiger partial charge in [0.15, 0.2) is 0 Å². The molecular weight excluding hydrogens is 499 g/mol. The van der Waals surface area contributed by atoms with E-state index in [2.05, 4.69) is 4.98 Å². The van der Waals surface area contributed by atoms with Gasteiger partial charge in [-0.1, -0.05) is 13.0 Å². The first-order valence-corrected chi connectivity index (χ1v) is 13.7. The molecule has 10 heteroatoms. The maximum absolute atomic E-state index is 13.4. The van der Waals surface area contributed by atoms with Crippen molar-refractivity contribution in [1.29, 1.82) is 0 Å². The third kappa shape index (κ3) is 5.52. The molecule has 2 saturated heterocycles. The topological polar surface area (TPSA) is 122 Å². The van der Waals surface area contributed by atoms with Crippen molar-refractivity contribution in [2.45, 2.75) is 51.6 Å². The Kier molecular flexibility index (Phi) is 8.47. The number of nitrogens with zero attached hydrogens (tertiary/aromatic N) is 2. The van der Waals surface area contributed by atoms with Crippen LogP contribution in [0.25, 0.3) is 11.6 Å². The van der Waals surface area contributed by atoms with Crippen LogP contribution in [0.1, 0.15) is 49.8 Å². The third-order valence-corrected chi connectivity index (χ3v) is 7.99. The minimum absolute atomic E-state index is 0.113. The maximum atomic E-state index is 13.4. The number of methoxy groups -OCH3 is 1. The molecule has 3 aliphatic rings. The number of furan rings is 1. The number of hydrogen-bond acceptors (Lipinski definition) is 8. The highest BCUT2D eigenvalue weighted by Gasteiger charge is 2.57. The molecule has 206 valence electrons. The van der Waals surface area contributed by atoms with E-state index >= 15 is 0 Å². The van der Waals surface area contributed by atoms with Crippen molar-refractivity contribution in [3.8, 4) is 0 Å². The Labute approximate surface area is 228 Å². The van der Waals surface area contributed by atoms with Gasteiger partial charge in [0.2, 0.25) is 11.8 Å². The average molecular weight is 534 g/mol. The Bertz CT molecular complexity index is 1260. The molecular formula is C29H35BN2O7. The zero-order valence-electron chi connectivity index (χ0n) is 22.4. The molecule has 0 unspecified atom stereocenters. The lowest BCUT2D eigenvalue weighted by atomic mass is 9.58. The number of ether oxygens (including phenoxy) is 1. The Morgan fingerprint density at radius 3 is 2.77 bits per heavy atom. The van der Waals surface area contributed by atoms with E-state index in [-0.39, 0.29) is 30.7 Å². The molecule has 2 aliphatic heterocycles. The van der Waals surface area contributed by atoms with Crippen LogP contribution in [0, 0.1) is 17.8 Å². The molecule has 2 fully saturated rings. The zero-order chi connectivity index (χ0) is 27.5. The first-order chi connectivity index (χ1) is 18.9. The zero-order valence-corrected chi connectivity index (χ0v) is 22.4. The quantitative estimate of drug-likeness (QED) is 0.271. The molecule has 2 amide bonds.